The molecule has 0 aliphatic carbocycles. The highest BCUT2D eigenvalue weighted by atomic mass is 35.5. The van der Waals surface area contributed by atoms with Crippen molar-refractivity contribution in [3.8, 4) is 5.75 Å². The first-order chi connectivity index (χ1) is 12.5. The maximum atomic E-state index is 11.9. The second kappa shape index (κ2) is 6.24. The van der Waals surface area contributed by atoms with Gasteiger partial charge in [0.15, 0.2) is 0 Å². The van der Waals surface area contributed by atoms with Crippen LogP contribution in [0.25, 0.3) is 21.8 Å². The predicted molar refractivity (Wildman–Crippen MR) is 105 cm³/mol. The summed E-state index contributed by atoms with van der Waals surface area (Å²) in [6, 6.07) is 15.9. The Bertz CT molecular complexity index is 1160. The summed E-state index contributed by atoms with van der Waals surface area (Å²) in [7, 11) is 0. The van der Waals surface area contributed by atoms with Crippen LogP contribution in [0.1, 0.15) is 15.9 Å². The monoisotopic (exact) mass is 384 g/mol. The van der Waals surface area contributed by atoms with Gasteiger partial charge in [-0.25, -0.2) is 0 Å². The number of hydrogen-bond acceptors (Lipinski definition) is 2. The fourth-order valence-corrected chi connectivity index (χ4v) is 3.90. The van der Waals surface area contributed by atoms with Gasteiger partial charge in [0.2, 0.25) is 5.91 Å². The number of aromatic nitrogens is 1. The predicted octanol–water partition coefficient (Wildman–Crippen LogP) is 4.95. The maximum absolute atomic E-state index is 11.9. The molecule has 4 nitrogen and oxygen atoms in total. The van der Waals surface area contributed by atoms with Crippen molar-refractivity contribution in [2.75, 3.05) is 0 Å². The SMILES string of the molecule is NC(=O)c1cccc2c1c1c(O)cccc1n2Cc1c(Cl)cccc1Cl. The zero-order valence-corrected chi connectivity index (χ0v) is 15.1. The molecule has 26 heavy (non-hydrogen) atoms. The Labute approximate surface area is 159 Å². The van der Waals surface area contributed by atoms with E-state index in [0.29, 0.717) is 32.9 Å². The van der Waals surface area contributed by atoms with E-state index in [1.54, 1.807) is 42.5 Å². The van der Waals surface area contributed by atoms with Crippen molar-refractivity contribution in [2.24, 2.45) is 5.73 Å². The number of hydrogen-bond donors (Lipinski definition) is 2. The maximum Gasteiger partial charge on any atom is 0.249 e. The molecular formula is C20H14Cl2N2O2. The van der Waals surface area contributed by atoms with Gasteiger partial charge in [-0.05, 0) is 36.4 Å². The number of carbonyl (C=O) groups excluding carboxylic acids is 1. The third-order valence-corrected chi connectivity index (χ3v) is 5.25. The van der Waals surface area contributed by atoms with E-state index in [4.69, 9.17) is 28.9 Å². The molecule has 0 atom stereocenters. The minimum atomic E-state index is -0.548. The molecule has 1 aromatic heterocycles. The summed E-state index contributed by atoms with van der Waals surface area (Å²) in [4.78, 5) is 11.9. The first kappa shape index (κ1) is 16.8. The molecule has 6 heteroatoms. The van der Waals surface area contributed by atoms with Crippen molar-refractivity contribution in [3.05, 3.63) is 75.8 Å². The lowest BCUT2D eigenvalue weighted by Crippen LogP contribution is -2.11. The molecule has 130 valence electrons. The summed E-state index contributed by atoms with van der Waals surface area (Å²) in [6.45, 7) is 0.393. The van der Waals surface area contributed by atoms with E-state index in [1.165, 1.54) is 0 Å². The van der Waals surface area contributed by atoms with E-state index in [0.717, 1.165) is 16.6 Å². The zero-order chi connectivity index (χ0) is 18.4. The van der Waals surface area contributed by atoms with Gasteiger partial charge in [-0.15, -0.1) is 0 Å². The highest BCUT2D eigenvalue weighted by Crippen LogP contribution is 2.38. The van der Waals surface area contributed by atoms with Gasteiger partial charge in [0.25, 0.3) is 0 Å². The number of carbonyl (C=O) groups is 1. The lowest BCUT2D eigenvalue weighted by Gasteiger charge is -2.11. The quantitative estimate of drug-likeness (QED) is 0.524. The van der Waals surface area contributed by atoms with E-state index >= 15 is 0 Å². The molecule has 1 heterocycles. The van der Waals surface area contributed by atoms with E-state index < -0.39 is 5.91 Å². The average Bonchev–Trinajstić information content (AvgIpc) is 2.93. The molecule has 3 aromatic carbocycles. The van der Waals surface area contributed by atoms with Crippen LogP contribution in [0.3, 0.4) is 0 Å². The highest BCUT2D eigenvalue weighted by Gasteiger charge is 2.19. The van der Waals surface area contributed by atoms with Crippen LogP contribution in [0.15, 0.2) is 54.6 Å². The van der Waals surface area contributed by atoms with Crippen LogP contribution in [-0.2, 0) is 6.54 Å². The van der Waals surface area contributed by atoms with Crippen molar-refractivity contribution in [3.63, 3.8) is 0 Å². The summed E-state index contributed by atoms with van der Waals surface area (Å²) in [5.74, 6) is -0.459. The van der Waals surface area contributed by atoms with Crippen LogP contribution < -0.4 is 5.73 Å². The second-order valence-corrected chi connectivity index (χ2v) is 6.84. The molecular weight excluding hydrogens is 371 g/mol. The Morgan fingerprint density at radius 3 is 2.15 bits per heavy atom. The molecule has 0 spiro atoms. The third-order valence-electron chi connectivity index (χ3n) is 4.54. The van der Waals surface area contributed by atoms with Gasteiger partial charge in [0.1, 0.15) is 5.75 Å². The van der Waals surface area contributed by atoms with E-state index in [1.807, 2.05) is 16.7 Å². The van der Waals surface area contributed by atoms with E-state index in [-0.39, 0.29) is 5.75 Å². The summed E-state index contributed by atoms with van der Waals surface area (Å²) in [5, 5.41) is 12.8. The minimum absolute atomic E-state index is 0.0882. The molecule has 4 rings (SSSR count). The number of phenolic OH excluding ortho intramolecular Hbond substituents is 1. The Morgan fingerprint density at radius 1 is 0.923 bits per heavy atom. The number of phenols is 1. The van der Waals surface area contributed by atoms with Gasteiger partial charge in [-0.3, -0.25) is 4.79 Å². The Kier molecular flexibility index (Phi) is 4.02. The van der Waals surface area contributed by atoms with Crippen LogP contribution in [0.4, 0.5) is 0 Å². The van der Waals surface area contributed by atoms with Crippen molar-refractivity contribution in [1.29, 1.82) is 0 Å². The second-order valence-electron chi connectivity index (χ2n) is 6.02. The van der Waals surface area contributed by atoms with Crippen LogP contribution in [0, 0.1) is 0 Å². The molecule has 1 amide bonds. The largest absolute Gasteiger partial charge is 0.507 e. The van der Waals surface area contributed by atoms with Crippen molar-refractivity contribution in [1.82, 2.24) is 4.57 Å². The smallest absolute Gasteiger partial charge is 0.249 e. The zero-order valence-electron chi connectivity index (χ0n) is 13.5. The van der Waals surface area contributed by atoms with E-state index in [2.05, 4.69) is 0 Å². The Hall–Kier alpha value is -2.69. The average molecular weight is 385 g/mol. The molecule has 3 N–H and O–H groups in total. The van der Waals surface area contributed by atoms with E-state index in [9.17, 15) is 9.90 Å². The number of aromatic hydroxyl groups is 1. The van der Waals surface area contributed by atoms with Gasteiger partial charge >= 0.3 is 0 Å². The lowest BCUT2D eigenvalue weighted by atomic mass is 10.1. The molecule has 0 saturated carbocycles. The summed E-state index contributed by atoms with van der Waals surface area (Å²) in [6.07, 6.45) is 0. The van der Waals surface area contributed by atoms with Crippen LogP contribution >= 0.6 is 23.2 Å². The summed E-state index contributed by atoms with van der Waals surface area (Å²) < 4.78 is 1.98. The topological polar surface area (TPSA) is 68.2 Å². The molecule has 0 bridgehead atoms. The normalized spacial score (nSPS) is 11.3. The number of nitrogens with two attached hydrogens (primary N) is 1. The summed E-state index contributed by atoms with van der Waals surface area (Å²) >= 11 is 12.7. The fourth-order valence-electron chi connectivity index (χ4n) is 3.38. The number of halogens is 2. The van der Waals surface area contributed by atoms with Gasteiger partial charge in [0.05, 0.1) is 23.0 Å². The number of fused-ring (bicyclic) bond motifs is 3. The highest BCUT2D eigenvalue weighted by molar-refractivity contribution is 6.36. The van der Waals surface area contributed by atoms with Gasteiger partial charge in [0, 0.05) is 26.6 Å². The number of primary amides is 1. The number of amides is 1. The Morgan fingerprint density at radius 2 is 1.50 bits per heavy atom. The first-order valence-electron chi connectivity index (χ1n) is 7.94. The fraction of sp³-hybridized carbons (Fsp3) is 0.0500. The van der Waals surface area contributed by atoms with Crippen LogP contribution in [0.2, 0.25) is 10.0 Å². The van der Waals surface area contributed by atoms with Gasteiger partial charge in [-0.1, -0.05) is 41.4 Å². The first-order valence-corrected chi connectivity index (χ1v) is 8.70. The molecule has 0 saturated heterocycles. The molecule has 0 aliphatic rings. The van der Waals surface area contributed by atoms with Gasteiger partial charge in [-0.2, -0.15) is 0 Å². The third kappa shape index (κ3) is 2.50. The Balaban J connectivity index is 2.10. The molecule has 0 aliphatic heterocycles. The van der Waals surface area contributed by atoms with Crippen LogP contribution in [0.5, 0.6) is 5.75 Å². The number of nitrogens with zero attached hydrogens (tertiary/aromatic N) is 1. The van der Waals surface area contributed by atoms with Crippen molar-refractivity contribution < 1.29 is 9.90 Å². The number of rotatable bonds is 3. The summed E-state index contributed by atoms with van der Waals surface area (Å²) in [5.41, 5.74) is 8.22. The standard InChI is InChI=1S/C20H14Cl2N2O2/c21-13-5-2-6-14(22)12(13)10-24-15-7-1-4-11(20(23)26)18(15)19-16(24)8-3-9-17(19)25/h1-9,25H,10H2,(H2,23,26). The molecule has 0 unspecified atom stereocenters. The van der Waals surface area contributed by atoms with Crippen molar-refractivity contribution >= 4 is 50.9 Å². The molecule has 4 aromatic rings. The molecule has 0 radical (unpaired) electrons. The van der Waals surface area contributed by atoms with Gasteiger partial charge < -0.3 is 15.4 Å². The molecule has 0 fully saturated rings. The van der Waals surface area contributed by atoms with Crippen LogP contribution in [-0.4, -0.2) is 15.6 Å². The van der Waals surface area contributed by atoms with Crippen molar-refractivity contribution in [2.45, 2.75) is 6.54 Å². The number of benzene rings is 3. The minimum Gasteiger partial charge on any atom is -0.507 e. The lowest BCUT2D eigenvalue weighted by molar-refractivity contribution is 0.100.